The Labute approximate surface area is 141 Å². The van der Waals surface area contributed by atoms with Crippen LogP contribution in [0.15, 0.2) is 18.2 Å². The van der Waals surface area contributed by atoms with Crippen LogP contribution < -0.4 is 0 Å². The predicted molar refractivity (Wildman–Crippen MR) is 87.3 cm³/mol. The van der Waals surface area contributed by atoms with Crippen LogP contribution in [0.25, 0.3) is 0 Å². The average molecular weight is 334 g/mol. The SMILES string of the molecule is O=C1N(Cc2cccc(F)c2F)CCC[C@@]12CCN(C1CCC1)C2. The van der Waals surface area contributed by atoms with Crippen molar-refractivity contribution in [2.24, 2.45) is 5.41 Å². The lowest BCUT2D eigenvalue weighted by Gasteiger charge is -2.41. The Hall–Kier alpha value is -1.49. The molecule has 0 unspecified atom stereocenters. The maximum absolute atomic E-state index is 14.0. The van der Waals surface area contributed by atoms with Gasteiger partial charge in [0.1, 0.15) is 0 Å². The van der Waals surface area contributed by atoms with Crippen LogP contribution in [0.1, 0.15) is 44.1 Å². The minimum absolute atomic E-state index is 0.138. The first-order valence-electron chi connectivity index (χ1n) is 9.05. The molecule has 0 bridgehead atoms. The molecule has 0 aromatic heterocycles. The minimum Gasteiger partial charge on any atom is -0.338 e. The van der Waals surface area contributed by atoms with Gasteiger partial charge in [-0.25, -0.2) is 8.78 Å². The van der Waals surface area contributed by atoms with Crippen LogP contribution in [0.2, 0.25) is 0 Å². The van der Waals surface area contributed by atoms with Gasteiger partial charge in [0.2, 0.25) is 5.91 Å². The van der Waals surface area contributed by atoms with Gasteiger partial charge in [0.15, 0.2) is 11.6 Å². The van der Waals surface area contributed by atoms with Crippen molar-refractivity contribution in [1.82, 2.24) is 9.80 Å². The zero-order chi connectivity index (χ0) is 16.7. The van der Waals surface area contributed by atoms with E-state index in [2.05, 4.69) is 4.90 Å². The van der Waals surface area contributed by atoms with Crippen LogP contribution in [-0.2, 0) is 11.3 Å². The van der Waals surface area contributed by atoms with Gasteiger partial charge in [0.05, 0.1) is 5.41 Å². The Morgan fingerprint density at radius 1 is 1.12 bits per heavy atom. The Morgan fingerprint density at radius 3 is 2.71 bits per heavy atom. The Balaban J connectivity index is 1.49. The van der Waals surface area contributed by atoms with Crippen molar-refractivity contribution in [3.63, 3.8) is 0 Å². The van der Waals surface area contributed by atoms with Crippen LogP contribution in [0.5, 0.6) is 0 Å². The van der Waals surface area contributed by atoms with Crippen LogP contribution in [0.4, 0.5) is 8.78 Å². The molecular formula is C19H24F2N2O. The van der Waals surface area contributed by atoms with Gasteiger partial charge < -0.3 is 4.90 Å². The van der Waals surface area contributed by atoms with Gasteiger partial charge in [0, 0.05) is 31.2 Å². The fourth-order valence-corrected chi connectivity index (χ4v) is 4.53. The normalized spacial score (nSPS) is 28.6. The Bertz CT molecular complexity index is 646. The first-order valence-corrected chi connectivity index (χ1v) is 9.05. The van der Waals surface area contributed by atoms with Gasteiger partial charge >= 0.3 is 0 Å². The maximum atomic E-state index is 14.0. The molecule has 130 valence electrons. The largest absolute Gasteiger partial charge is 0.338 e. The Kier molecular flexibility index (Phi) is 4.07. The second-order valence-electron chi connectivity index (χ2n) is 7.63. The number of halogens is 2. The summed E-state index contributed by atoms with van der Waals surface area (Å²) in [5, 5.41) is 0. The summed E-state index contributed by atoms with van der Waals surface area (Å²) in [6, 6.07) is 4.85. The van der Waals surface area contributed by atoms with E-state index in [1.165, 1.54) is 25.3 Å². The second-order valence-corrected chi connectivity index (χ2v) is 7.63. The fourth-order valence-electron chi connectivity index (χ4n) is 4.53. The van der Waals surface area contributed by atoms with E-state index >= 15 is 0 Å². The molecule has 24 heavy (non-hydrogen) atoms. The third-order valence-electron chi connectivity index (χ3n) is 6.19. The van der Waals surface area contributed by atoms with E-state index in [1.54, 1.807) is 11.0 Å². The molecule has 1 aliphatic carbocycles. The second kappa shape index (κ2) is 6.10. The van der Waals surface area contributed by atoms with E-state index in [9.17, 15) is 13.6 Å². The zero-order valence-electron chi connectivity index (χ0n) is 13.9. The van der Waals surface area contributed by atoms with Gasteiger partial charge in [-0.1, -0.05) is 18.6 Å². The molecule has 0 radical (unpaired) electrons. The summed E-state index contributed by atoms with van der Waals surface area (Å²) in [7, 11) is 0. The third kappa shape index (κ3) is 2.63. The third-order valence-corrected chi connectivity index (χ3v) is 6.19. The van der Waals surface area contributed by atoms with E-state index in [1.807, 2.05) is 0 Å². The minimum atomic E-state index is -0.844. The number of nitrogens with zero attached hydrogens (tertiary/aromatic N) is 2. The van der Waals surface area contributed by atoms with Gasteiger partial charge in [-0.2, -0.15) is 0 Å². The van der Waals surface area contributed by atoms with Crippen LogP contribution in [-0.4, -0.2) is 41.4 Å². The summed E-state index contributed by atoms with van der Waals surface area (Å²) >= 11 is 0. The highest BCUT2D eigenvalue weighted by atomic mass is 19.2. The fraction of sp³-hybridized carbons (Fsp3) is 0.632. The molecule has 3 aliphatic rings. The molecular weight excluding hydrogens is 310 g/mol. The van der Waals surface area contributed by atoms with E-state index in [0.29, 0.717) is 12.6 Å². The number of piperidine rings is 1. The standard InChI is InChI=1S/C19H24F2N2O/c20-16-7-1-4-14(17(16)21)12-22-10-3-8-19(18(22)24)9-11-23(13-19)15-5-2-6-15/h1,4,7,15H,2-3,5-6,8-13H2/t19-/m0/s1. The highest BCUT2D eigenvalue weighted by molar-refractivity contribution is 5.84. The molecule has 1 atom stereocenters. The summed E-state index contributed by atoms with van der Waals surface area (Å²) in [4.78, 5) is 17.3. The van der Waals surface area contributed by atoms with Crippen molar-refractivity contribution < 1.29 is 13.6 Å². The van der Waals surface area contributed by atoms with E-state index in [4.69, 9.17) is 0 Å². The summed E-state index contributed by atoms with van der Waals surface area (Å²) in [6.45, 7) is 2.66. The number of carbonyl (C=O) groups excluding carboxylic acids is 1. The van der Waals surface area contributed by atoms with Crippen molar-refractivity contribution in [1.29, 1.82) is 0 Å². The number of rotatable bonds is 3. The van der Waals surface area contributed by atoms with Crippen molar-refractivity contribution in [2.45, 2.75) is 51.1 Å². The predicted octanol–water partition coefficient (Wildman–Crippen LogP) is 3.33. The molecule has 2 heterocycles. The molecule has 1 amide bonds. The number of carbonyl (C=O) groups is 1. The average Bonchev–Trinajstić information content (AvgIpc) is 2.92. The van der Waals surface area contributed by atoms with Crippen molar-refractivity contribution in [3.8, 4) is 0 Å². The molecule has 1 spiro atoms. The van der Waals surface area contributed by atoms with Gasteiger partial charge in [-0.3, -0.25) is 9.69 Å². The number of hydrogen-bond acceptors (Lipinski definition) is 2. The molecule has 2 aliphatic heterocycles. The van der Waals surface area contributed by atoms with Crippen molar-refractivity contribution in [3.05, 3.63) is 35.4 Å². The van der Waals surface area contributed by atoms with Crippen LogP contribution in [0.3, 0.4) is 0 Å². The topological polar surface area (TPSA) is 23.6 Å². The molecule has 1 aromatic carbocycles. The van der Waals surface area contributed by atoms with E-state index in [-0.39, 0.29) is 23.4 Å². The van der Waals surface area contributed by atoms with Crippen LogP contribution >= 0.6 is 0 Å². The molecule has 1 aromatic rings. The monoisotopic (exact) mass is 334 g/mol. The lowest BCUT2D eigenvalue weighted by Crippen LogP contribution is -2.50. The summed E-state index contributed by atoms with van der Waals surface area (Å²) in [5.41, 5.74) is -0.0216. The van der Waals surface area contributed by atoms with E-state index in [0.717, 1.165) is 38.4 Å². The van der Waals surface area contributed by atoms with Gasteiger partial charge in [0.25, 0.3) is 0 Å². The number of likely N-dealkylation sites (tertiary alicyclic amines) is 2. The molecule has 4 rings (SSSR count). The lowest BCUT2D eigenvalue weighted by atomic mass is 9.78. The number of amides is 1. The smallest absolute Gasteiger partial charge is 0.230 e. The molecule has 1 saturated carbocycles. The maximum Gasteiger partial charge on any atom is 0.230 e. The van der Waals surface area contributed by atoms with Gasteiger partial charge in [-0.15, -0.1) is 0 Å². The molecule has 3 nitrogen and oxygen atoms in total. The quantitative estimate of drug-likeness (QED) is 0.846. The highest BCUT2D eigenvalue weighted by Crippen LogP contribution is 2.43. The molecule has 2 saturated heterocycles. The molecule has 3 fully saturated rings. The summed E-state index contributed by atoms with van der Waals surface area (Å²) < 4.78 is 27.4. The highest BCUT2D eigenvalue weighted by Gasteiger charge is 2.49. The van der Waals surface area contributed by atoms with Crippen molar-refractivity contribution in [2.75, 3.05) is 19.6 Å². The number of hydrogen-bond donors (Lipinski definition) is 0. The van der Waals surface area contributed by atoms with Crippen molar-refractivity contribution >= 4 is 5.91 Å². The first-order chi connectivity index (χ1) is 11.6. The zero-order valence-corrected chi connectivity index (χ0v) is 13.9. The van der Waals surface area contributed by atoms with Crippen LogP contribution in [0, 0.1) is 17.0 Å². The number of benzene rings is 1. The lowest BCUT2D eigenvalue weighted by molar-refractivity contribution is -0.146. The summed E-state index contributed by atoms with van der Waals surface area (Å²) in [6.07, 6.45) is 6.58. The first kappa shape index (κ1) is 16.0. The van der Waals surface area contributed by atoms with Gasteiger partial charge in [-0.05, 0) is 44.7 Å². The Morgan fingerprint density at radius 2 is 1.96 bits per heavy atom. The summed E-state index contributed by atoms with van der Waals surface area (Å²) in [5.74, 6) is -1.53. The molecule has 0 N–H and O–H groups in total. The van der Waals surface area contributed by atoms with E-state index < -0.39 is 11.6 Å². The molecule has 5 heteroatoms.